The van der Waals surface area contributed by atoms with Gasteiger partial charge in [-0.15, -0.1) is 0 Å². The van der Waals surface area contributed by atoms with Crippen LogP contribution >= 0.6 is 15.9 Å². The Bertz CT molecular complexity index is 594. The lowest BCUT2D eigenvalue weighted by Gasteiger charge is -2.07. The molecule has 0 spiro atoms. The molecule has 0 unspecified atom stereocenters. The van der Waals surface area contributed by atoms with Crippen LogP contribution in [0.5, 0.6) is 0 Å². The summed E-state index contributed by atoms with van der Waals surface area (Å²) < 4.78 is 2.53. The van der Waals surface area contributed by atoms with E-state index in [4.69, 9.17) is 5.73 Å². The summed E-state index contributed by atoms with van der Waals surface area (Å²) in [6.07, 6.45) is 3.72. The third kappa shape index (κ3) is 3.57. The zero-order valence-corrected chi connectivity index (χ0v) is 12.1. The molecule has 2 aromatic rings. The highest BCUT2D eigenvalue weighted by atomic mass is 79.9. The van der Waals surface area contributed by atoms with E-state index in [0.717, 1.165) is 10.0 Å². The average Bonchev–Trinajstić information content (AvgIpc) is 2.78. The highest BCUT2D eigenvalue weighted by Crippen LogP contribution is 2.19. The molecule has 0 atom stereocenters. The number of rotatable bonds is 4. The number of aryl methyl sites for hydroxylation is 1. The van der Waals surface area contributed by atoms with Gasteiger partial charge in [-0.1, -0.05) is 0 Å². The second-order valence-electron chi connectivity index (χ2n) is 4.28. The molecule has 6 heteroatoms. The first-order valence-corrected chi connectivity index (χ1v) is 6.68. The molecule has 3 N–H and O–H groups in total. The smallest absolute Gasteiger partial charge is 0.252 e. The first-order valence-electron chi connectivity index (χ1n) is 5.88. The van der Waals surface area contributed by atoms with Crippen molar-refractivity contribution in [3.05, 3.63) is 46.2 Å². The van der Waals surface area contributed by atoms with Crippen LogP contribution in [0.4, 0.5) is 5.69 Å². The van der Waals surface area contributed by atoms with Crippen molar-refractivity contribution in [2.45, 2.75) is 13.5 Å². The lowest BCUT2D eigenvalue weighted by atomic mass is 10.2. The lowest BCUT2D eigenvalue weighted by molar-refractivity contribution is 0.0951. The Labute approximate surface area is 119 Å². The van der Waals surface area contributed by atoms with Crippen molar-refractivity contribution in [3.63, 3.8) is 0 Å². The van der Waals surface area contributed by atoms with Gasteiger partial charge in [0.25, 0.3) is 5.91 Å². The van der Waals surface area contributed by atoms with Gasteiger partial charge in [0.2, 0.25) is 0 Å². The maximum atomic E-state index is 12.0. The van der Waals surface area contributed by atoms with E-state index in [1.54, 1.807) is 29.1 Å². The second-order valence-corrected chi connectivity index (χ2v) is 5.13. The monoisotopic (exact) mass is 322 g/mol. The van der Waals surface area contributed by atoms with Crippen LogP contribution in [0.25, 0.3) is 0 Å². The highest BCUT2D eigenvalue weighted by molar-refractivity contribution is 9.10. The highest BCUT2D eigenvalue weighted by Gasteiger charge is 2.09. The maximum Gasteiger partial charge on any atom is 0.252 e. The minimum atomic E-state index is -0.150. The molecule has 19 heavy (non-hydrogen) atoms. The second kappa shape index (κ2) is 5.88. The van der Waals surface area contributed by atoms with Crippen LogP contribution in [0, 0.1) is 6.92 Å². The quantitative estimate of drug-likeness (QED) is 0.845. The number of benzene rings is 1. The summed E-state index contributed by atoms with van der Waals surface area (Å²) in [7, 11) is 0. The number of nitrogens with two attached hydrogens (primary N) is 1. The number of carbonyl (C=O) groups is 1. The van der Waals surface area contributed by atoms with Gasteiger partial charge in [-0.25, -0.2) is 0 Å². The Morgan fingerprint density at radius 1 is 1.53 bits per heavy atom. The molecule has 1 aromatic carbocycles. The Hall–Kier alpha value is -1.82. The molecule has 2 rings (SSSR count). The van der Waals surface area contributed by atoms with E-state index in [9.17, 15) is 4.79 Å². The average molecular weight is 323 g/mol. The first kappa shape index (κ1) is 13.6. The summed E-state index contributed by atoms with van der Waals surface area (Å²) in [4.78, 5) is 12.0. The SMILES string of the molecule is Cc1cnn(CCNC(=O)c2cc(N)ccc2Br)c1. The van der Waals surface area contributed by atoms with E-state index in [1.165, 1.54) is 0 Å². The molecule has 0 saturated carbocycles. The van der Waals surface area contributed by atoms with E-state index < -0.39 is 0 Å². The van der Waals surface area contributed by atoms with Gasteiger partial charge in [0.15, 0.2) is 0 Å². The van der Waals surface area contributed by atoms with Gasteiger partial charge in [-0.2, -0.15) is 5.10 Å². The number of hydrogen-bond donors (Lipinski definition) is 2. The Kier molecular flexibility index (Phi) is 4.21. The van der Waals surface area contributed by atoms with Crippen LogP contribution in [0.1, 0.15) is 15.9 Å². The number of aromatic nitrogens is 2. The number of carbonyl (C=O) groups excluding carboxylic acids is 1. The Morgan fingerprint density at radius 2 is 2.32 bits per heavy atom. The van der Waals surface area contributed by atoms with E-state index in [-0.39, 0.29) is 5.91 Å². The number of amides is 1. The third-order valence-corrected chi connectivity index (χ3v) is 3.32. The van der Waals surface area contributed by atoms with Crippen molar-refractivity contribution in [1.29, 1.82) is 0 Å². The Balaban J connectivity index is 1.92. The lowest BCUT2D eigenvalue weighted by Crippen LogP contribution is -2.27. The zero-order chi connectivity index (χ0) is 13.8. The number of nitrogens with zero attached hydrogens (tertiary/aromatic N) is 2. The van der Waals surface area contributed by atoms with Crippen molar-refractivity contribution < 1.29 is 4.79 Å². The molecule has 0 bridgehead atoms. The van der Waals surface area contributed by atoms with Crippen molar-refractivity contribution in [2.75, 3.05) is 12.3 Å². The van der Waals surface area contributed by atoms with Crippen LogP contribution < -0.4 is 11.1 Å². The molecule has 0 aliphatic rings. The van der Waals surface area contributed by atoms with Gasteiger partial charge in [-0.3, -0.25) is 9.48 Å². The number of halogens is 1. The first-order chi connectivity index (χ1) is 9.06. The molecule has 0 radical (unpaired) electrons. The molecule has 0 fully saturated rings. The van der Waals surface area contributed by atoms with Crippen LogP contribution in [0.15, 0.2) is 35.1 Å². The summed E-state index contributed by atoms with van der Waals surface area (Å²) in [5, 5.41) is 6.99. The van der Waals surface area contributed by atoms with E-state index >= 15 is 0 Å². The van der Waals surface area contributed by atoms with Gasteiger partial charge in [0, 0.05) is 22.9 Å². The fraction of sp³-hybridized carbons (Fsp3) is 0.231. The number of nitrogens with one attached hydrogen (secondary N) is 1. The van der Waals surface area contributed by atoms with Crippen molar-refractivity contribution in [2.24, 2.45) is 0 Å². The fourth-order valence-electron chi connectivity index (χ4n) is 1.69. The van der Waals surface area contributed by atoms with Crippen molar-refractivity contribution in [1.82, 2.24) is 15.1 Å². The number of nitrogen functional groups attached to an aromatic ring is 1. The topological polar surface area (TPSA) is 72.9 Å². The molecule has 0 aliphatic heterocycles. The van der Waals surface area contributed by atoms with Crippen molar-refractivity contribution >= 4 is 27.5 Å². The zero-order valence-electron chi connectivity index (χ0n) is 10.6. The largest absolute Gasteiger partial charge is 0.399 e. The fourth-order valence-corrected chi connectivity index (χ4v) is 2.11. The molecular formula is C13H15BrN4O. The van der Waals surface area contributed by atoms with Gasteiger partial charge in [0.05, 0.1) is 18.3 Å². The molecule has 1 aromatic heterocycles. The van der Waals surface area contributed by atoms with Crippen LogP contribution in [0.2, 0.25) is 0 Å². The minimum Gasteiger partial charge on any atom is -0.399 e. The number of hydrogen-bond acceptors (Lipinski definition) is 3. The van der Waals surface area contributed by atoms with Crippen molar-refractivity contribution in [3.8, 4) is 0 Å². The minimum absolute atomic E-state index is 0.150. The molecule has 100 valence electrons. The van der Waals surface area contributed by atoms with Gasteiger partial charge < -0.3 is 11.1 Å². The summed E-state index contributed by atoms with van der Waals surface area (Å²) in [5.41, 5.74) is 7.88. The predicted octanol–water partition coefficient (Wildman–Crippen LogP) is 1.97. The standard InChI is InChI=1S/C13H15BrN4O/c1-9-7-17-18(8-9)5-4-16-13(19)11-6-10(15)2-3-12(11)14/h2-3,6-8H,4-5,15H2,1H3,(H,16,19). The van der Waals surface area contributed by atoms with Crippen LogP contribution in [-0.4, -0.2) is 22.2 Å². The van der Waals surface area contributed by atoms with Crippen LogP contribution in [0.3, 0.4) is 0 Å². The van der Waals surface area contributed by atoms with E-state index in [2.05, 4.69) is 26.3 Å². The summed E-state index contributed by atoms with van der Waals surface area (Å²) >= 11 is 3.34. The van der Waals surface area contributed by atoms with Gasteiger partial charge >= 0.3 is 0 Å². The summed E-state index contributed by atoms with van der Waals surface area (Å²) in [6.45, 7) is 3.13. The normalized spacial score (nSPS) is 10.4. The summed E-state index contributed by atoms with van der Waals surface area (Å²) in [6, 6.07) is 5.16. The molecule has 1 heterocycles. The maximum absolute atomic E-state index is 12.0. The summed E-state index contributed by atoms with van der Waals surface area (Å²) in [5.74, 6) is -0.150. The van der Waals surface area contributed by atoms with Crippen LogP contribution in [-0.2, 0) is 6.54 Å². The molecule has 0 aliphatic carbocycles. The van der Waals surface area contributed by atoms with Gasteiger partial charge in [0.1, 0.15) is 0 Å². The molecular weight excluding hydrogens is 308 g/mol. The van der Waals surface area contributed by atoms with E-state index in [0.29, 0.717) is 24.3 Å². The number of anilines is 1. The predicted molar refractivity (Wildman–Crippen MR) is 77.9 cm³/mol. The molecule has 1 amide bonds. The molecule has 5 nitrogen and oxygen atoms in total. The van der Waals surface area contributed by atoms with E-state index in [1.807, 2.05) is 13.1 Å². The Morgan fingerprint density at radius 3 is 3.00 bits per heavy atom. The molecule has 0 saturated heterocycles. The third-order valence-electron chi connectivity index (χ3n) is 2.62. The van der Waals surface area contributed by atoms with Gasteiger partial charge in [-0.05, 0) is 46.6 Å².